The van der Waals surface area contributed by atoms with Gasteiger partial charge < -0.3 is 10.6 Å². The van der Waals surface area contributed by atoms with E-state index in [9.17, 15) is 4.79 Å². The molecule has 1 saturated heterocycles. The topological polar surface area (TPSA) is 46.3 Å². The summed E-state index contributed by atoms with van der Waals surface area (Å²) in [5.41, 5.74) is 5.91. The molecule has 0 spiro atoms. The third kappa shape index (κ3) is 3.98. The molecule has 0 saturated carbocycles. The van der Waals surface area contributed by atoms with Gasteiger partial charge in [0, 0.05) is 13.1 Å². The second-order valence-corrected chi connectivity index (χ2v) is 6.37. The highest BCUT2D eigenvalue weighted by Crippen LogP contribution is 2.23. The van der Waals surface area contributed by atoms with Crippen LogP contribution < -0.4 is 5.73 Å². The predicted octanol–water partition coefficient (Wildman–Crippen LogP) is 2.40. The van der Waals surface area contributed by atoms with E-state index in [1.165, 1.54) is 12.8 Å². The fraction of sp³-hybridized carbons (Fsp3) is 0.929. The van der Waals surface area contributed by atoms with Crippen LogP contribution in [0, 0.1) is 11.3 Å². The number of likely N-dealkylation sites (tertiary alicyclic amines) is 1. The van der Waals surface area contributed by atoms with Crippen molar-refractivity contribution in [1.29, 1.82) is 0 Å². The number of hydrogen-bond donors (Lipinski definition) is 1. The van der Waals surface area contributed by atoms with Crippen LogP contribution >= 0.6 is 0 Å². The van der Waals surface area contributed by atoms with Gasteiger partial charge in [-0.15, -0.1) is 0 Å². The van der Waals surface area contributed by atoms with Gasteiger partial charge in [-0.3, -0.25) is 4.79 Å². The van der Waals surface area contributed by atoms with Gasteiger partial charge in [-0.2, -0.15) is 0 Å². The first kappa shape index (κ1) is 14.5. The molecule has 2 N–H and O–H groups in total. The van der Waals surface area contributed by atoms with E-state index < -0.39 is 0 Å². The first-order valence-electron chi connectivity index (χ1n) is 6.90. The molecule has 1 fully saturated rings. The van der Waals surface area contributed by atoms with Crippen LogP contribution in [-0.4, -0.2) is 29.9 Å². The molecule has 2 atom stereocenters. The van der Waals surface area contributed by atoms with Crippen molar-refractivity contribution in [3.63, 3.8) is 0 Å². The van der Waals surface area contributed by atoms with Gasteiger partial charge >= 0.3 is 0 Å². The van der Waals surface area contributed by atoms with E-state index in [4.69, 9.17) is 5.73 Å². The Morgan fingerprint density at radius 2 is 2.00 bits per heavy atom. The van der Waals surface area contributed by atoms with Crippen LogP contribution in [0.3, 0.4) is 0 Å². The summed E-state index contributed by atoms with van der Waals surface area (Å²) in [5.74, 6) is 0.924. The maximum atomic E-state index is 12.3. The number of nitrogens with two attached hydrogens (primary N) is 1. The normalized spacial score (nSPS) is 24.3. The molecule has 0 aromatic carbocycles. The molecule has 3 heteroatoms. The van der Waals surface area contributed by atoms with Crippen molar-refractivity contribution in [2.45, 2.75) is 59.4 Å². The molecule has 1 rings (SSSR count). The zero-order valence-corrected chi connectivity index (χ0v) is 11.8. The van der Waals surface area contributed by atoms with Gasteiger partial charge in [-0.05, 0) is 30.6 Å². The van der Waals surface area contributed by atoms with E-state index in [1.807, 2.05) is 25.7 Å². The minimum absolute atomic E-state index is 0.134. The average Bonchev–Trinajstić information content (AvgIpc) is 2.50. The molecule has 1 aliphatic rings. The van der Waals surface area contributed by atoms with Crippen LogP contribution in [0.25, 0.3) is 0 Å². The maximum absolute atomic E-state index is 12.3. The summed E-state index contributed by atoms with van der Waals surface area (Å²) in [6, 6.07) is -0.374. The van der Waals surface area contributed by atoms with E-state index in [0.29, 0.717) is 0 Å². The van der Waals surface area contributed by atoms with Gasteiger partial charge in [-0.1, -0.05) is 34.1 Å². The van der Waals surface area contributed by atoms with E-state index in [-0.39, 0.29) is 17.4 Å². The summed E-state index contributed by atoms with van der Waals surface area (Å²) < 4.78 is 0. The summed E-state index contributed by atoms with van der Waals surface area (Å²) in [4.78, 5) is 14.3. The summed E-state index contributed by atoms with van der Waals surface area (Å²) in [7, 11) is 0. The maximum Gasteiger partial charge on any atom is 0.240 e. The van der Waals surface area contributed by atoms with Crippen LogP contribution in [0.5, 0.6) is 0 Å². The lowest BCUT2D eigenvalue weighted by Gasteiger charge is -2.31. The second-order valence-electron chi connectivity index (χ2n) is 6.37. The highest BCUT2D eigenvalue weighted by molar-refractivity contribution is 5.82. The van der Waals surface area contributed by atoms with Gasteiger partial charge in [-0.25, -0.2) is 0 Å². The number of carbonyl (C=O) groups excluding carboxylic acids is 1. The number of amides is 1. The summed E-state index contributed by atoms with van der Waals surface area (Å²) in [6.07, 6.45) is 4.75. The third-order valence-electron chi connectivity index (χ3n) is 3.94. The Bertz CT molecular complexity index is 257. The van der Waals surface area contributed by atoms with Crippen molar-refractivity contribution >= 4 is 5.91 Å². The predicted molar refractivity (Wildman–Crippen MR) is 71.6 cm³/mol. The Balaban J connectivity index is 2.58. The largest absolute Gasteiger partial charge is 0.341 e. The van der Waals surface area contributed by atoms with Crippen molar-refractivity contribution in [2.24, 2.45) is 17.1 Å². The van der Waals surface area contributed by atoms with E-state index in [0.717, 1.165) is 31.8 Å². The minimum atomic E-state index is -0.374. The molecule has 1 amide bonds. The Morgan fingerprint density at radius 1 is 1.35 bits per heavy atom. The van der Waals surface area contributed by atoms with Crippen LogP contribution in [0.2, 0.25) is 0 Å². The van der Waals surface area contributed by atoms with Gasteiger partial charge in [0.1, 0.15) is 0 Å². The first-order chi connectivity index (χ1) is 7.86. The van der Waals surface area contributed by atoms with Crippen LogP contribution in [-0.2, 0) is 4.79 Å². The molecule has 17 heavy (non-hydrogen) atoms. The second kappa shape index (κ2) is 5.85. The molecule has 0 radical (unpaired) electrons. The Labute approximate surface area is 106 Å². The van der Waals surface area contributed by atoms with Crippen molar-refractivity contribution in [1.82, 2.24) is 4.90 Å². The van der Waals surface area contributed by atoms with Crippen molar-refractivity contribution in [2.75, 3.05) is 13.1 Å². The average molecular weight is 240 g/mol. The molecule has 0 bridgehead atoms. The Kier molecular flexibility index (Phi) is 4.99. The molecule has 1 aliphatic heterocycles. The first-order valence-corrected chi connectivity index (χ1v) is 6.90. The van der Waals surface area contributed by atoms with E-state index in [2.05, 4.69) is 6.92 Å². The molecule has 1 heterocycles. The van der Waals surface area contributed by atoms with E-state index in [1.54, 1.807) is 0 Å². The zero-order chi connectivity index (χ0) is 13.1. The molecule has 0 aromatic rings. The van der Waals surface area contributed by atoms with Gasteiger partial charge in [0.05, 0.1) is 6.04 Å². The molecular weight excluding hydrogens is 212 g/mol. The number of hydrogen-bond acceptors (Lipinski definition) is 2. The van der Waals surface area contributed by atoms with Crippen molar-refractivity contribution < 1.29 is 4.79 Å². The molecule has 3 nitrogen and oxygen atoms in total. The standard InChI is InChI=1S/C14H28N2O/c1-5-11-7-6-9-16(10-8-11)13(17)12(15)14(2,3)4/h11-12H,5-10,15H2,1-4H3. The third-order valence-corrected chi connectivity index (χ3v) is 3.94. The molecule has 0 aromatic heterocycles. The molecule has 2 unspecified atom stereocenters. The number of rotatable bonds is 2. The molecular formula is C14H28N2O. The lowest BCUT2D eigenvalue weighted by atomic mass is 9.86. The molecule has 100 valence electrons. The summed E-state index contributed by atoms with van der Waals surface area (Å²) >= 11 is 0. The lowest BCUT2D eigenvalue weighted by molar-refractivity contribution is -0.134. The number of carbonyl (C=O) groups is 1. The Morgan fingerprint density at radius 3 is 2.53 bits per heavy atom. The smallest absolute Gasteiger partial charge is 0.240 e. The SMILES string of the molecule is CCC1CCCN(C(=O)C(N)C(C)(C)C)CC1. The van der Waals surface area contributed by atoms with Crippen molar-refractivity contribution in [3.8, 4) is 0 Å². The highest BCUT2D eigenvalue weighted by atomic mass is 16.2. The minimum Gasteiger partial charge on any atom is -0.341 e. The van der Waals surface area contributed by atoms with Crippen LogP contribution in [0.15, 0.2) is 0 Å². The number of nitrogens with zero attached hydrogens (tertiary/aromatic N) is 1. The quantitative estimate of drug-likeness (QED) is 0.805. The fourth-order valence-electron chi connectivity index (χ4n) is 2.36. The monoisotopic (exact) mass is 240 g/mol. The highest BCUT2D eigenvalue weighted by Gasteiger charge is 2.31. The van der Waals surface area contributed by atoms with Gasteiger partial charge in [0.15, 0.2) is 0 Å². The van der Waals surface area contributed by atoms with Crippen LogP contribution in [0.1, 0.15) is 53.4 Å². The van der Waals surface area contributed by atoms with E-state index >= 15 is 0 Å². The van der Waals surface area contributed by atoms with Gasteiger partial charge in [0.2, 0.25) is 5.91 Å². The zero-order valence-electron chi connectivity index (χ0n) is 11.8. The fourth-order valence-corrected chi connectivity index (χ4v) is 2.36. The molecule has 0 aliphatic carbocycles. The van der Waals surface area contributed by atoms with Crippen molar-refractivity contribution in [3.05, 3.63) is 0 Å². The van der Waals surface area contributed by atoms with Crippen LogP contribution in [0.4, 0.5) is 0 Å². The Hall–Kier alpha value is -0.570. The lowest BCUT2D eigenvalue weighted by Crippen LogP contribution is -2.50. The van der Waals surface area contributed by atoms with Gasteiger partial charge in [0.25, 0.3) is 0 Å². The summed E-state index contributed by atoms with van der Waals surface area (Å²) in [5, 5.41) is 0. The summed E-state index contributed by atoms with van der Waals surface area (Å²) in [6.45, 7) is 10.1.